The summed E-state index contributed by atoms with van der Waals surface area (Å²) in [6.07, 6.45) is 1.34. The van der Waals surface area contributed by atoms with Crippen molar-refractivity contribution in [2.75, 3.05) is 6.54 Å². The molecule has 1 saturated heterocycles. The summed E-state index contributed by atoms with van der Waals surface area (Å²) in [5, 5.41) is 0.132. The first-order valence-electron chi connectivity index (χ1n) is 9.12. The van der Waals surface area contributed by atoms with Crippen LogP contribution < -0.4 is 5.73 Å². The van der Waals surface area contributed by atoms with Crippen molar-refractivity contribution in [3.63, 3.8) is 0 Å². The molecule has 1 fully saturated rings. The van der Waals surface area contributed by atoms with Crippen molar-refractivity contribution in [3.8, 4) is 0 Å². The van der Waals surface area contributed by atoms with E-state index in [0.29, 0.717) is 6.54 Å². The Kier molecular flexibility index (Phi) is 6.56. The maximum Gasteiger partial charge on any atom is 0.410 e. The molecule has 1 aliphatic rings. The summed E-state index contributed by atoms with van der Waals surface area (Å²) in [5.74, 6) is 0. The molecule has 142 valence electrons. The van der Waals surface area contributed by atoms with Crippen molar-refractivity contribution in [1.29, 1.82) is 0 Å². The molecule has 24 heavy (non-hydrogen) atoms. The number of rotatable bonds is 4. The van der Waals surface area contributed by atoms with E-state index in [-0.39, 0.29) is 29.3 Å². The molecule has 0 aliphatic carbocycles. The lowest BCUT2D eigenvalue weighted by Gasteiger charge is -2.41. The number of carbonyl (C=O) groups excluding carboxylic acids is 1. The Morgan fingerprint density at radius 1 is 1.25 bits per heavy atom. The number of nitrogens with zero attached hydrogens (tertiary/aromatic N) is 1. The van der Waals surface area contributed by atoms with Crippen LogP contribution in [0.1, 0.15) is 61.3 Å². The molecule has 0 aromatic heterocycles. The zero-order valence-electron chi connectivity index (χ0n) is 17.1. The molecule has 0 saturated carbocycles. The van der Waals surface area contributed by atoms with Crippen LogP contribution in [0.15, 0.2) is 0 Å². The van der Waals surface area contributed by atoms with Gasteiger partial charge in [-0.25, -0.2) is 4.79 Å². The van der Waals surface area contributed by atoms with Crippen LogP contribution in [0.3, 0.4) is 0 Å². The molecule has 1 heterocycles. The minimum absolute atomic E-state index is 0.00615. The molecule has 0 spiro atoms. The van der Waals surface area contributed by atoms with Gasteiger partial charge in [0.2, 0.25) is 0 Å². The average Bonchev–Trinajstić information content (AvgIpc) is 2.77. The van der Waals surface area contributed by atoms with E-state index in [4.69, 9.17) is 14.9 Å². The molecule has 0 bridgehead atoms. The van der Waals surface area contributed by atoms with Gasteiger partial charge in [0.1, 0.15) is 5.60 Å². The first kappa shape index (κ1) is 21.4. The second-order valence-electron chi connectivity index (χ2n) is 9.44. The molecule has 1 rings (SSSR count). The standard InChI is InChI=1S/C18H38N2O3Si/c1-10-13(19)15-14(23-24(8,9)18(5,6)7)11-12-20(15)16(21)22-17(2,3)4/h13-15H,10-12,19H2,1-9H3/t13-,14-,15+/m0/s1. The van der Waals surface area contributed by atoms with Crippen molar-refractivity contribution in [1.82, 2.24) is 4.90 Å². The number of hydrogen-bond acceptors (Lipinski definition) is 4. The molecule has 0 aromatic rings. The number of nitrogens with two attached hydrogens (primary N) is 1. The van der Waals surface area contributed by atoms with E-state index < -0.39 is 13.9 Å². The van der Waals surface area contributed by atoms with Gasteiger partial charge in [-0.15, -0.1) is 0 Å². The SMILES string of the molecule is CC[C@H](N)[C@@H]1[C@@H](O[Si](C)(C)C(C)(C)C)CCN1C(=O)OC(C)(C)C. The lowest BCUT2D eigenvalue weighted by atomic mass is 10.0. The van der Waals surface area contributed by atoms with Crippen LogP contribution in [0, 0.1) is 0 Å². The first-order valence-corrected chi connectivity index (χ1v) is 12.0. The highest BCUT2D eigenvalue weighted by molar-refractivity contribution is 6.74. The van der Waals surface area contributed by atoms with Gasteiger partial charge in [-0.1, -0.05) is 27.7 Å². The molecule has 5 nitrogen and oxygen atoms in total. The summed E-state index contributed by atoms with van der Waals surface area (Å²) in [4.78, 5) is 14.4. The van der Waals surface area contributed by atoms with E-state index in [9.17, 15) is 4.79 Å². The third-order valence-corrected chi connectivity index (χ3v) is 9.69. The van der Waals surface area contributed by atoms with Crippen molar-refractivity contribution >= 4 is 14.4 Å². The highest BCUT2D eigenvalue weighted by atomic mass is 28.4. The second-order valence-corrected chi connectivity index (χ2v) is 14.2. The molecule has 0 radical (unpaired) electrons. The Morgan fingerprint density at radius 2 is 1.79 bits per heavy atom. The maximum atomic E-state index is 12.6. The minimum Gasteiger partial charge on any atom is -0.444 e. The van der Waals surface area contributed by atoms with Gasteiger partial charge in [0.25, 0.3) is 0 Å². The zero-order valence-corrected chi connectivity index (χ0v) is 18.1. The van der Waals surface area contributed by atoms with Crippen molar-refractivity contribution < 1.29 is 14.0 Å². The van der Waals surface area contributed by atoms with E-state index in [1.165, 1.54) is 0 Å². The normalized spacial score (nSPS) is 24.2. The summed E-state index contributed by atoms with van der Waals surface area (Å²) in [7, 11) is -1.92. The van der Waals surface area contributed by atoms with Crippen LogP contribution in [0.2, 0.25) is 18.1 Å². The predicted octanol–water partition coefficient (Wildman–Crippen LogP) is 4.12. The van der Waals surface area contributed by atoms with Crippen LogP contribution >= 0.6 is 0 Å². The van der Waals surface area contributed by atoms with Gasteiger partial charge in [-0.3, -0.25) is 0 Å². The number of likely N-dealkylation sites (tertiary alicyclic amines) is 1. The summed E-state index contributed by atoms with van der Waals surface area (Å²) in [5.41, 5.74) is 5.87. The van der Waals surface area contributed by atoms with E-state index in [0.717, 1.165) is 12.8 Å². The Morgan fingerprint density at radius 3 is 2.21 bits per heavy atom. The number of ether oxygens (including phenoxy) is 1. The fourth-order valence-electron chi connectivity index (χ4n) is 2.75. The average molecular weight is 359 g/mol. The lowest BCUT2D eigenvalue weighted by molar-refractivity contribution is 0.0129. The molecule has 3 atom stereocenters. The van der Waals surface area contributed by atoms with Crippen molar-refractivity contribution in [3.05, 3.63) is 0 Å². The lowest BCUT2D eigenvalue weighted by Crippen LogP contribution is -2.55. The third-order valence-electron chi connectivity index (χ3n) is 5.19. The first-order chi connectivity index (χ1) is 10.7. The van der Waals surface area contributed by atoms with E-state index in [2.05, 4.69) is 40.8 Å². The second kappa shape index (κ2) is 7.34. The van der Waals surface area contributed by atoms with Gasteiger partial charge in [-0.2, -0.15) is 0 Å². The summed E-state index contributed by atoms with van der Waals surface area (Å²) in [6, 6.07) is -0.214. The molecule has 6 heteroatoms. The Labute approximate surface area is 149 Å². The minimum atomic E-state index is -1.92. The van der Waals surface area contributed by atoms with Gasteiger partial charge in [0.15, 0.2) is 8.32 Å². The Balaban J connectivity index is 2.98. The highest BCUT2D eigenvalue weighted by Gasteiger charge is 2.47. The topological polar surface area (TPSA) is 64.8 Å². The fraction of sp³-hybridized carbons (Fsp3) is 0.944. The van der Waals surface area contributed by atoms with E-state index in [1.54, 1.807) is 4.90 Å². The zero-order chi connectivity index (χ0) is 18.9. The van der Waals surface area contributed by atoms with Gasteiger partial charge in [0.05, 0.1) is 12.1 Å². The van der Waals surface area contributed by atoms with E-state index in [1.807, 2.05) is 20.8 Å². The van der Waals surface area contributed by atoms with Crippen LogP contribution in [0.4, 0.5) is 4.79 Å². The molecule has 0 aromatic carbocycles. The monoisotopic (exact) mass is 358 g/mol. The molecule has 2 N–H and O–H groups in total. The molecule has 1 aliphatic heterocycles. The molecule has 0 unspecified atom stereocenters. The Hall–Kier alpha value is -0.593. The highest BCUT2D eigenvalue weighted by Crippen LogP contribution is 2.39. The maximum absolute atomic E-state index is 12.6. The van der Waals surface area contributed by atoms with Crippen molar-refractivity contribution in [2.24, 2.45) is 5.73 Å². The molecule has 1 amide bonds. The van der Waals surface area contributed by atoms with Crippen LogP contribution in [0.5, 0.6) is 0 Å². The van der Waals surface area contributed by atoms with Gasteiger partial charge >= 0.3 is 6.09 Å². The third kappa shape index (κ3) is 5.20. The molecular formula is C18H38N2O3Si. The summed E-state index contributed by atoms with van der Waals surface area (Å²) in [6.45, 7) is 19.6. The number of carbonyl (C=O) groups is 1. The van der Waals surface area contributed by atoms with Crippen LogP contribution in [-0.4, -0.2) is 49.6 Å². The van der Waals surface area contributed by atoms with Gasteiger partial charge in [-0.05, 0) is 51.7 Å². The molecular weight excluding hydrogens is 320 g/mol. The summed E-state index contributed by atoms with van der Waals surface area (Å²) >= 11 is 0. The summed E-state index contributed by atoms with van der Waals surface area (Å²) < 4.78 is 12.2. The van der Waals surface area contributed by atoms with Gasteiger partial charge in [0, 0.05) is 12.6 Å². The fourth-order valence-corrected chi connectivity index (χ4v) is 4.12. The number of hydrogen-bond donors (Lipinski definition) is 1. The smallest absolute Gasteiger partial charge is 0.410 e. The van der Waals surface area contributed by atoms with Crippen LogP contribution in [-0.2, 0) is 9.16 Å². The Bertz CT molecular complexity index is 441. The van der Waals surface area contributed by atoms with Gasteiger partial charge < -0.3 is 19.8 Å². The van der Waals surface area contributed by atoms with Crippen molar-refractivity contribution in [2.45, 2.75) is 103 Å². The quantitative estimate of drug-likeness (QED) is 0.768. The van der Waals surface area contributed by atoms with Crippen LogP contribution in [0.25, 0.3) is 0 Å². The largest absolute Gasteiger partial charge is 0.444 e. The predicted molar refractivity (Wildman–Crippen MR) is 102 cm³/mol. The number of amides is 1. The van der Waals surface area contributed by atoms with E-state index >= 15 is 0 Å².